The van der Waals surface area contributed by atoms with Crippen LogP contribution in [0.25, 0.3) is 0 Å². The fraction of sp³-hybridized carbons (Fsp3) is 0.0667. The number of phenolic OH excluding ortho intramolecular Hbond substituents is 2. The van der Waals surface area contributed by atoms with Crippen molar-refractivity contribution in [3.8, 4) is 23.0 Å². The molecular formula is C15H12N2O8. The second-order valence-electron chi connectivity index (χ2n) is 4.83. The fourth-order valence-corrected chi connectivity index (χ4v) is 2.06. The molecule has 0 atom stereocenters. The molecular weight excluding hydrogens is 336 g/mol. The van der Waals surface area contributed by atoms with Crippen LogP contribution in [0, 0.1) is 10.1 Å². The quantitative estimate of drug-likeness (QED) is 0.277. The van der Waals surface area contributed by atoms with E-state index in [2.05, 4.69) is 5.32 Å². The smallest absolute Gasteiger partial charge is 0.346 e. The van der Waals surface area contributed by atoms with Gasteiger partial charge in [0.1, 0.15) is 22.9 Å². The van der Waals surface area contributed by atoms with Gasteiger partial charge in [0.2, 0.25) is 5.91 Å². The van der Waals surface area contributed by atoms with E-state index in [1.807, 2.05) is 0 Å². The van der Waals surface area contributed by atoms with Crippen molar-refractivity contribution in [3.63, 3.8) is 0 Å². The van der Waals surface area contributed by atoms with Crippen molar-refractivity contribution in [2.75, 3.05) is 5.32 Å². The average molecular weight is 348 g/mol. The summed E-state index contributed by atoms with van der Waals surface area (Å²) in [6, 6.07) is 5.31. The van der Waals surface area contributed by atoms with Gasteiger partial charge in [0.15, 0.2) is 11.3 Å². The maximum atomic E-state index is 11.4. The number of rotatable bonds is 5. The highest BCUT2D eigenvalue weighted by Gasteiger charge is 2.26. The molecule has 0 saturated heterocycles. The first-order valence-electron chi connectivity index (χ1n) is 6.72. The van der Waals surface area contributed by atoms with Gasteiger partial charge in [-0.1, -0.05) is 6.07 Å². The highest BCUT2D eigenvalue weighted by atomic mass is 16.6. The Kier molecular flexibility index (Phi) is 4.73. The Hall–Kier alpha value is -3.82. The predicted molar refractivity (Wildman–Crippen MR) is 84.2 cm³/mol. The first-order valence-corrected chi connectivity index (χ1v) is 6.72. The zero-order valence-corrected chi connectivity index (χ0v) is 12.7. The Morgan fingerprint density at radius 2 is 1.88 bits per heavy atom. The molecule has 130 valence electrons. The number of phenols is 2. The van der Waals surface area contributed by atoms with Gasteiger partial charge < -0.3 is 25.4 Å². The van der Waals surface area contributed by atoms with Gasteiger partial charge in [0, 0.05) is 25.1 Å². The highest BCUT2D eigenvalue weighted by Crippen LogP contribution is 2.41. The standard InChI is InChI=1S/C15H12N2O8/c1-7(18)16-14-10(20)5-8(19)6-12(14)25-11-4-2-3-9(17(23)24)13(11)15(21)22/h2-6,19-20H,1H3,(H,16,18)(H,21,22). The third-order valence-electron chi connectivity index (χ3n) is 3.00. The number of nitro groups is 1. The van der Waals surface area contributed by atoms with E-state index in [1.165, 1.54) is 6.07 Å². The topological polar surface area (TPSA) is 159 Å². The molecule has 25 heavy (non-hydrogen) atoms. The van der Waals surface area contributed by atoms with Gasteiger partial charge in [-0.15, -0.1) is 0 Å². The first-order chi connectivity index (χ1) is 11.7. The van der Waals surface area contributed by atoms with E-state index in [9.17, 15) is 35.0 Å². The van der Waals surface area contributed by atoms with Crippen LogP contribution in [0.2, 0.25) is 0 Å². The molecule has 0 fully saturated rings. The van der Waals surface area contributed by atoms with Gasteiger partial charge in [0.05, 0.1) is 4.92 Å². The van der Waals surface area contributed by atoms with Gasteiger partial charge in [-0.3, -0.25) is 14.9 Å². The van der Waals surface area contributed by atoms with E-state index in [0.717, 1.165) is 31.2 Å². The van der Waals surface area contributed by atoms with E-state index < -0.39 is 45.3 Å². The summed E-state index contributed by atoms with van der Waals surface area (Å²) in [5.74, 6) is -3.83. The van der Waals surface area contributed by atoms with E-state index in [4.69, 9.17) is 4.74 Å². The second kappa shape index (κ2) is 6.74. The summed E-state index contributed by atoms with van der Waals surface area (Å²) in [7, 11) is 0. The molecule has 10 nitrogen and oxygen atoms in total. The number of carbonyl (C=O) groups excluding carboxylic acids is 1. The third-order valence-corrected chi connectivity index (χ3v) is 3.00. The lowest BCUT2D eigenvalue weighted by Crippen LogP contribution is -2.08. The molecule has 2 aromatic rings. The number of aromatic carboxylic acids is 1. The van der Waals surface area contributed by atoms with Crippen LogP contribution >= 0.6 is 0 Å². The van der Waals surface area contributed by atoms with Gasteiger partial charge >= 0.3 is 5.97 Å². The predicted octanol–water partition coefficient (Wildman–Crippen LogP) is 2.45. The number of carboxylic acids is 1. The Labute approximate surface area is 140 Å². The molecule has 1 amide bonds. The van der Waals surface area contributed by atoms with Crippen molar-refractivity contribution in [2.24, 2.45) is 0 Å². The monoisotopic (exact) mass is 348 g/mol. The van der Waals surface area contributed by atoms with E-state index >= 15 is 0 Å². The molecule has 0 spiro atoms. The summed E-state index contributed by atoms with van der Waals surface area (Å²) in [5, 5.41) is 41.9. The Balaban J connectivity index is 2.61. The van der Waals surface area contributed by atoms with Crippen molar-refractivity contribution in [1.29, 1.82) is 0 Å². The Bertz CT molecular complexity index is 878. The molecule has 0 radical (unpaired) electrons. The summed E-state index contributed by atoms with van der Waals surface area (Å²) in [4.78, 5) is 32.7. The van der Waals surface area contributed by atoms with Crippen LogP contribution in [0.15, 0.2) is 30.3 Å². The maximum Gasteiger partial charge on any atom is 0.346 e. The second-order valence-corrected chi connectivity index (χ2v) is 4.83. The lowest BCUT2D eigenvalue weighted by Gasteiger charge is -2.14. The number of anilines is 1. The van der Waals surface area contributed by atoms with Gasteiger partial charge in [-0.05, 0) is 6.07 Å². The number of hydrogen-bond acceptors (Lipinski definition) is 7. The number of carboxylic acid groups (broad SMARTS) is 1. The van der Waals surface area contributed by atoms with Crippen LogP contribution in [-0.4, -0.2) is 32.1 Å². The number of nitrogens with one attached hydrogen (secondary N) is 1. The minimum Gasteiger partial charge on any atom is -0.508 e. The molecule has 0 aliphatic heterocycles. The largest absolute Gasteiger partial charge is 0.508 e. The van der Waals surface area contributed by atoms with Crippen LogP contribution in [-0.2, 0) is 4.79 Å². The molecule has 0 aromatic heterocycles. The zero-order valence-electron chi connectivity index (χ0n) is 12.7. The van der Waals surface area contributed by atoms with E-state index in [0.29, 0.717) is 0 Å². The molecule has 0 aliphatic rings. The minimum atomic E-state index is -1.60. The van der Waals surface area contributed by atoms with Crippen LogP contribution in [0.4, 0.5) is 11.4 Å². The van der Waals surface area contributed by atoms with Crippen molar-refractivity contribution in [2.45, 2.75) is 6.92 Å². The molecule has 0 heterocycles. The highest BCUT2D eigenvalue weighted by molar-refractivity contribution is 5.96. The Morgan fingerprint density at radius 3 is 2.44 bits per heavy atom. The van der Waals surface area contributed by atoms with Crippen molar-refractivity contribution in [3.05, 3.63) is 46.0 Å². The first kappa shape index (κ1) is 17.5. The van der Waals surface area contributed by atoms with E-state index in [1.54, 1.807) is 0 Å². The van der Waals surface area contributed by atoms with Crippen LogP contribution in [0.1, 0.15) is 17.3 Å². The Morgan fingerprint density at radius 1 is 1.20 bits per heavy atom. The molecule has 0 aliphatic carbocycles. The molecule has 0 bridgehead atoms. The zero-order chi connectivity index (χ0) is 18.7. The van der Waals surface area contributed by atoms with Crippen LogP contribution in [0.3, 0.4) is 0 Å². The summed E-state index contributed by atoms with van der Waals surface area (Å²) < 4.78 is 5.34. The van der Waals surface area contributed by atoms with E-state index in [-0.39, 0.29) is 11.4 Å². The molecule has 0 unspecified atom stereocenters. The molecule has 0 saturated carbocycles. The number of ether oxygens (including phenoxy) is 1. The van der Waals surface area contributed by atoms with Crippen molar-refractivity contribution in [1.82, 2.24) is 0 Å². The maximum absolute atomic E-state index is 11.4. The number of carbonyl (C=O) groups is 2. The van der Waals surface area contributed by atoms with Gasteiger partial charge in [-0.2, -0.15) is 0 Å². The van der Waals surface area contributed by atoms with Crippen molar-refractivity contribution < 1.29 is 34.6 Å². The third kappa shape index (κ3) is 3.75. The summed E-state index contributed by atoms with van der Waals surface area (Å²) in [6.45, 7) is 1.16. The fourth-order valence-electron chi connectivity index (χ4n) is 2.06. The van der Waals surface area contributed by atoms with Gasteiger partial charge in [-0.25, -0.2) is 4.79 Å². The number of benzene rings is 2. The number of amides is 1. The lowest BCUT2D eigenvalue weighted by atomic mass is 10.1. The molecule has 2 aromatic carbocycles. The lowest BCUT2D eigenvalue weighted by molar-refractivity contribution is -0.385. The van der Waals surface area contributed by atoms with Gasteiger partial charge in [0.25, 0.3) is 5.69 Å². The number of hydrogen-bond donors (Lipinski definition) is 4. The number of nitrogens with zero attached hydrogens (tertiary/aromatic N) is 1. The normalized spacial score (nSPS) is 10.1. The average Bonchev–Trinajstić information content (AvgIpc) is 2.49. The molecule has 2 rings (SSSR count). The SMILES string of the molecule is CC(=O)Nc1c(O)cc(O)cc1Oc1cccc([N+](=O)[O-])c1C(=O)O. The minimum absolute atomic E-state index is 0.229. The summed E-state index contributed by atoms with van der Waals surface area (Å²) >= 11 is 0. The molecule has 10 heteroatoms. The van der Waals surface area contributed by atoms with Crippen LogP contribution in [0.5, 0.6) is 23.0 Å². The van der Waals surface area contributed by atoms with Crippen LogP contribution < -0.4 is 10.1 Å². The molecule has 4 N–H and O–H groups in total. The van der Waals surface area contributed by atoms with Crippen molar-refractivity contribution >= 4 is 23.3 Å². The number of nitro benzene ring substituents is 1. The summed E-state index contributed by atoms with van der Waals surface area (Å²) in [6.07, 6.45) is 0. The summed E-state index contributed by atoms with van der Waals surface area (Å²) in [5.41, 5.74) is -1.65. The number of aromatic hydroxyl groups is 2.